The number of carbonyl (C=O) groups is 2. The maximum Gasteiger partial charge on any atom is 0.248 e. The molecule has 0 bridgehead atoms. The standard InChI is InChI=1S/C30H33BrN4O3/c1-20(19-36)23-16-17-35(18-23)29(30(38)33-25-13-11-24(31)12-14-25)22-9-6-21(7-10-22)8-15-28(37)34-27-5-3-2-4-26(27)32/h2-15,20,23,29,36H,16-19,32H2,1H3,(H,33,38)(H,34,37)/b15-8+. The number of halogens is 1. The molecule has 198 valence electrons. The summed E-state index contributed by atoms with van der Waals surface area (Å²) in [5, 5.41) is 15.5. The Labute approximate surface area is 231 Å². The van der Waals surface area contributed by atoms with Crippen LogP contribution in [0, 0.1) is 11.8 Å². The summed E-state index contributed by atoms with van der Waals surface area (Å²) in [6.45, 7) is 3.71. The third-order valence-electron chi connectivity index (χ3n) is 6.97. The van der Waals surface area contributed by atoms with Crippen molar-refractivity contribution in [2.45, 2.75) is 19.4 Å². The molecule has 1 heterocycles. The van der Waals surface area contributed by atoms with Crippen LogP contribution in [0.5, 0.6) is 0 Å². The predicted molar refractivity (Wildman–Crippen MR) is 156 cm³/mol. The van der Waals surface area contributed by atoms with Gasteiger partial charge >= 0.3 is 0 Å². The summed E-state index contributed by atoms with van der Waals surface area (Å²) in [5.74, 6) is 0.134. The van der Waals surface area contributed by atoms with Gasteiger partial charge in [-0.15, -0.1) is 0 Å². The number of nitrogen functional groups attached to an aromatic ring is 1. The molecule has 4 rings (SSSR count). The van der Waals surface area contributed by atoms with Gasteiger partial charge in [-0.25, -0.2) is 0 Å². The van der Waals surface area contributed by atoms with Gasteiger partial charge < -0.3 is 21.5 Å². The number of aliphatic hydroxyl groups excluding tert-OH is 1. The zero-order valence-corrected chi connectivity index (χ0v) is 22.9. The van der Waals surface area contributed by atoms with Crippen LogP contribution in [-0.4, -0.2) is 41.5 Å². The third-order valence-corrected chi connectivity index (χ3v) is 7.50. The van der Waals surface area contributed by atoms with Gasteiger partial charge in [0.2, 0.25) is 11.8 Å². The smallest absolute Gasteiger partial charge is 0.248 e. The summed E-state index contributed by atoms with van der Waals surface area (Å²) in [4.78, 5) is 28.1. The molecule has 5 N–H and O–H groups in total. The quantitative estimate of drug-likeness (QED) is 0.204. The Morgan fingerprint density at radius 2 is 1.79 bits per heavy atom. The zero-order chi connectivity index (χ0) is 27.1. The molecule has 7 nitrogen and oxygen atoms in total. The van der Waals surface area contributed by atoms with Crippen LogP contribution in [-0.2, 0) is 9.59 Å². The molecule has 1 saturated heterocycles. The molecule has 2 amide bonds. The minimum Gasteiger partial charge on any atom is -0.397 e. The molecule has 3 aromatic carbocycles. The van der Waals surface area contributed by atoms with Crippen molar-refractivity contribution >= 4 is 50.9 Å². The monoisotopic (exact) mass is 576 g/mol. The Hall–Kier alpha value is -3.46. The van der Waals surface area contributed by atoms with E-state index in [1.807, 2.05) is 60.7 Å². The van der Waals surface area contributed by atoms with E-state index in [4.69, 9.17) is 5.73 Å². The lowest BCUT2D eigenvalue weighted by atomic mass is 9.94. The van der Waals surface area contributed by atoms with Crippen LogP contribution >= 0.6 is 15.9 Å². The number of nitrogens with one attached hydrogen (secondary N) is 2. The van der Waals surface area contributed by atoms with E-state index in [0.29, 0.717) is 17.3 Å². The number of carbonyl (C=O) groups excluding carboxylic acids is 2. The van der Waals surface area contributed by atoms with Gasteiger partial charge in [-0.05, 0) is 78.4 Å². The first-order valence-corrected chi connectivity index (χ1v) is 13.5. The fourth-order valence-electron chi connectivity index (χ4n) is 4.68. The van der Waals surface area contributed by atoms with E-state index < -0.39 is 6.04 Å². The van der Waals surface area contributed by atoms with Crippen LogP contribution in [0.1, 0.15) is 30.5 Å². The fraction of sp³-hybridized carbons (Fsp3) is 0.267. The summed E-state index contributed by atoms with van der Waals surface area (Å²) in [5.41, 5.74) is 9.40. The number of aliphatic hydroxyl groups is 1. The molecule has 38 heavy (non-hydrogen) atoms. The van der Waals surface area contributed by atoms with Crippen LogP contribution < -0.4 is 16.4 Å². The van der Waals surface area contributed by atoms with Gasteiger partial charge in [-0.3, -0.25) is 14.5 Å². The molecule has 0 aliphatic carbocycles. The number of hydrogen-bond donors (Lipinski definition) is 4. The highest BCUT2D eigenvalue weighted by Gasteiger charge is 2.35. The molecular formula is C30H33BrN4O3. The highest BCUT2D eigenvalue weighted by molar-refractivity contribution is 9.10. The minimum atomic E-state index is -0.475. The first-order valence-electron chi connectivity index (χ1n) is 12.7. The topological polar surface area (TPSA) is 108 Å². The summed E-state index contributed by atoms with van der Waals surface area (Å²) in [7, 11) is 0. The van der Waals surface area contributed by atoms with Crippen LogP contribution in [0.25, 0.3) is 6.08 Å². The van der Waals surface area contributed by atoms with E-state index in [9.17, 15) is 14.7 Å². The Morgan fingerprint density at radius 1 is 1.08 bits per heavy atom. The molecule has 0 spiro atoms. The third kappa shape index (κ3) is 7.10. The lowest BCUT2D eigenvalue weighted by molar-refractivity contribution is -0.121. The normalized spacial score (nSPS) is 17.3. The number of para-hydroxylation sites is 2. The van der Waals surface area contributed by atoms with Crippen molar-refractivity contribution in [3.63, 3.8) is 0 Å². The van der Waals surface area contributed by atoms with Gasteiger partial charge in [0.15, 0.2) is 0 Å². The van der Waals surface area contributed by atoms with Crippen molar-refractivity contribution in [3.05, 3.63) is 94.5 Å². The molecule has 1 aliphatic rings. The molecule has 3 unspecified atom stereocenters. The Bertz CT molecular complexity index is 1280. The van der Waals surface area contributed by atoms with Gasteiger partial charge in [0.1, 0.15) is 6.04 Å². The van der Waals surface area contributed by atoms with E-state index in [1.165, 1.54) is 6.08 Å². The van der Waals surface area contributed by atoms with Crippen LogP contribution in [0.15, 0.2) is 83.3 Å². The SMILES string of the molecule is CC(CO)C1CCN(C(C(=O)Nc2ccc(Br)cc2)c2ccc(/C=C/C(=O)Nc3ccccc3N)cc2)C1. The highest BCUT2D eigenvalue weighted by atomic mass is 79.9. The number of rotatable bonds is 9. The molecule has 3 aromatic rings. The zero-order valence-electron chi connectivity index (χ0n) is 21.3. The first-order chi connectivity index (χ1) is 18.3. The largest absolute Gasteiger partial charge is 0.397 e. The van der Waals surface area contributed by atoms with Crippen molar-refractivity contribution in [3.8, 4) is 0 Å². The minimum absolute atomic E-state index is 0.104. The van der Waals surface area contributed by atoms with Gasteiger partial charge in [0.05, 0.1) is 11.4 Å². The first kappa shape index (κ1) is 27.6. The maximum atomic E-state index is 13.5. The highest BCUT2D eigenvalue weighted by Crippen LogP contribution is 2.32. The predicted octanol–water partition coefficient (Wildman–Crippen LogP) is 5.31. The van der Waals surface area contributed by atoms with E-state index >= 15 is 0 Å². The number of nitrogens with zero attached hydrogens (tertiary/aromatic N) is 1. The Balaban J connectivity index is 1.49. The van der Waals surface area contributed by atoms with Gasteiger partial charge in [-0.2, -0.15) is 0 Å². The average Bonchev–Trinajstić information content (AvgIpc) is 3.40. The second kappa shape index (κ2) is 12.9. The van der Waals surface area contributed by atoms with Crippen molar-refractivity contribution in [1.82, 2.24) is 4.90 Å². The van der Waals surface area contributed by atoms with Gasteiger partial charge in [0.25, 0.3) is 0 Å². The Kier molecular flexibility index (Phi) is 9.33. The number of likely N-dealkylation sites (tertiary alicyclic amines) is 1. The molecule has 0 saturated carbocycles. The maximum absolute atomic E-state index is 13.5. The lowest BCUT2D eigenvalue weighted by Gasteiger charge is -2.28. The van der Waals surface area contributed by atoms with Crippen molar-refractivity contribution in [2.75, 3.05) is 36.1 Å². The number of nitrogens with two attached hydrogens (primary N) is 1. The fourth-order valence-corrected chi connectivity index (χ4v) is 4.95. The van der Waals surface area contributed by atoms with Crippen molar-refractivity contribution in [2.24, 2.45) is 11.8 Å². The van der Waals surface area contributed by atoms with Crippen molar-refractivity contribution < 1.29 is 14.7 Å². The van der Waals surface area contributed by atoms with Gasteiger partial charge in [-0.1, -0.05) is 59.3 Å². The van der Waals surface area contributed by atoms with Crippen LogP contribution in [0.3, 0.4) is 0 Å². The number of hydrogen-bond acceptors (Lipinski definition) is 5. The molecular weight excluding hydrogens is 544 g/mol. The van der Waals surface area contributed by atoms with Crippen LogP contribution in [0.4, 0.5) is 17.1 Å². The summed E-state index contributed by atoms with van der Waals surface area (Å²) in [6, 6.07) is 21.8. The van der Waals surface area contributed by atoms with E-state index in [2.05, 4.69) is 38.4 Å². The van der Waals surface area contributed by atoms with Gasteiger partial charge in [0, 0.05) is 29.4 Å². The second-order valence-corrected chi connectivity index (χ2v) is 10.6. The average molecular weight is 578 g/mol. The molecule has 0 radical (unpaired) electrons. The van der Waals surface area contributed by atoms with E-state index in [0.717, 1.165) is 40.8 Å². The number of anilines is 3. The van der Waals surface area contributed by atoms with E-state index in [1.54, 1.807) is 18.2 Å². The second-order valence-electron chi connectivity index (χ2n) is 9.68. The van der Waals surface area contributed by atoms with E-state index in [-0.39, 0.29) is 24.3 Å². The summed E-state index contributed by atoms with van der Waals surface area (Å²) < 4.78 is 0.942. The van der Waals surface area contributed by atoms with Crippen LogP contribution in [0.2, 0.25) is 0 Å². The molecule has 8 heteroatoms. The summed E-state index contributed by atoms with van der Waals surface area (Å²) >= 11 is 3.43. The molecule has 1 fully saturated rings. The molecule has 0 aromatic heterocycles. The Morgan fingerprint density at radius 3 is 2.47 bits per heavy atom. The number of amides is 2. The summed E-state index contributed by atoms with van der Waals surface area (Å²) in [6.07, 6.45) is 4.12. The van der Waals surface area contributed by atoms with Crippen molar-refractivity contribution in [1.29, 1.82) is 0 Å². The number of benzene rings is 3. The molecule has 1 aliphatic heterocycles. The molecule has 3 atom stereocenters. The lowest BCUT2D eigenvalue weighted by Crippen LogP contribution is -2.36.